The predicted octanol–water partition coefficient (Wildman–Crippen LogP) is 3.26. The van der Waals surface area contributed by atoms with Gasteiger partial charge in [0.2, 0.25) is 0 Å². The third-order valence-electron chi connectivity index (χ3n) is 6.29. The van der Waals surface area contributed by atoms with Crippen molar-refractivity contribution in [1.29, 1.82) is 5.26 Å². The fourth-order valence-corrected chi connectivity index (χ4v) is 4.25. The number of anilines is 1. The number of rotatable bonds is 6. The van der Waals surface area contributed by atoms with E-state index in [1.165, 1.54) is 21.6 Å². The molecule has 2 aromatic heterocycles. The van der Waals surface area contributed by atoms with E-state index in [4.69, 9.17) is 0 Å². The highest BCUT2D eigenvalue weighted by Gasteiger charge is 2.40. The summed E-state index contributed by atoms with van der Waals surface area (Å²) in [6.45, 7) is 5.56. The molecule has 1 saturated heterocycles. The van der Waals surface area contributed by atoms with Crippen LogP contribution >= 0.6 is 0 Å². The molecule has 4 aromatic rings. The van der Waals surface area contributed by atoms with E-state index in [9.17, 15) is 18.8 Å². The molecule has 0 unspecified atom stereocenters. The first-order chi connectivity index (χ1) is 16.8. The minimum atomic E-state index is -0.708. The molecular formula is C25H23F2N7O. The van der Waals surface area contributed by atoms with Crippen LogP contribution in [0.15, 0.2) is 59.8 Å². The molecule has 0 N–H and O–H groups in total. The second-order valence-corrected chi connectivity index (χ2v) is 9.12. The Bertz CT molecular complexity index is 1470. The minimum Gasteiger partial charge on any atom is -0.352 e. The second kappa shape index (κ2) is 8.51. The molecule has 0 spiro atoms. The Morgan fingerprint density at radius 2 is 1.74 bits per heavy atom. The van der Waals surface area contributed by atoms with Crippen LogP contribution in [0.3, 0.4) is 0 Å². The van der Waals surface area contributed by atoms with Crippen LogP contribution in [0.1, 0.15) is 23.9 Å². The van der Waals surface area contributed by atoms with Gasteiger partial charge >= 0.3 is 5.69 Å². The molecule has 10 heteroatoms. The molecule has 5 rings (SSSR count). The SMILES string of the molecule is Cc1nc(N2CC(C)(C#N)C2)cn1Cc1ccc(-n2ncn(Cc3c(F)cccc3F)c2=O)cc1. The molecule has 2 aromatic carbocycles. The lowest BCUT2D eigenvalue weighted by atomic mass is 9.84. The quantitative estimate of drug-likeness (QED) is 0.427. The topological polar surface area (TPSA) is 84.7 Å². The van der Waals surface area contributed by atoms with E-state index < -0.39 is 17.3 Å². The Labute approximate surface area is 200 Å². The van der Waals surface area contributed by atoms with E-state index in [0.29, 0.717) is 25.3 Å². The number of aryl methyl sites for hydroxylation is 1. The van der Waals surface area contributed by atoms with Gasteiger partial charge in [0.1, 0.15) is 29.6 Å². The van der Waals surface area contributed by atoms with Crippen LogP contribution in [0.2, 0.25) is 0 Å². The second-order valence-electron chi connectivity index (χ2n) is 9.12. The Morgan fingerprint density at radius 3 is 2.40 bits per heavy atom. The number of nitriles is 1. The average molecular weight is 476 g/mol. The highest BCUT2D eigenvalue weighted by Crippen LogP contribution is 2.32. The normalized spacial score (nSPS) is 14.5. The summed E-state index contributed by atoms with van der Waals surface area (Å²) in [7, 11) is 0. The van der Waals surface area contributed by atoms with Gasteiger partial charge in [0.25, 0.3) is 0 Å². The molecule has 0 atom stereocenters. The molecular weight excluding hydrogens is 452 g/mol. The van der Waals surface area contributed by atoms with Crippen LogP contribution in [-0.4, -0.2) is 37.0 Å². The summed E-state index contributed by atoms with van der Waals surface area (Å²) in [5, 5.41) is 13.3. The molecule has 0 saturated carbocycles. The highest BCUT2D eigenvalue weighted by molar-refractivity contribution is 5.44. The molecule has 1 fully saturated rings. The first-order valence-electron chi connectivity index (χ1n) is 11.1. The van der Waals surface area contributed by atoms with Crippen LogP contribution in [0, 0.1) is 35.3 Å². The van der Waals surface area contributed by atoms with Gasteiger partial charge in [0.15, 0.2) is 0 Å². The third-order valence-corrected chi connectivity index (χ3v) is 6.29. The molecule has 35 heavy (non-hydrogen) atoms. The first kappa shape index (κ1) is 22.5. The monoisotopic (exact) mass is 475 g/mol. The van der Waals surface area contributed by atoms with Gasteiger partial charge in [-0.1, -0.05) is 18.2 Å². The molecule has 0 radical (unpaired) electrons. The Kier molecular flexibility index (Phi) is 5.47. The van der Waals surface area contributed by atoms with E-state index in [2.05, 4.69) is 21.1 Å². The maximum atomic E-state index is 14.0. The largest absolute Gasteiger partial charge is 0.352 e. The lowest BCUT2D eigenvalue weighted by Gasteiger charge is -2.43. The predicted molar refractivity (Wildman–Crippen MR) is 125 cm³/mol. The van der Waals surface area contributed by atoms with Crippen LogP contribution in [-0.2, 0) is 13.1 Å². The van der Waals surface area contributed by atoms with Gasteiger partial charge in [-0.05, 0) is 43.7 Å². The summed E-state index contributed by atoms with van der Waals surface area (Å²) < 4.78 is 32.3. The Morgan fingerprint density at radius 1 is 1.06 bits per heavy atom. The van der Waals surface area contributed by atoms with E-state index in [-0.39, 0.29) is 17.5 Å². The first-order valence-corrected chi connectivity index (χ1v) is 11.1. The van der Waals surface area contributed by atoms with E-state index in [1.54, 1.807) is 12.1 Å². The van der Waals surface area contributed by atoms with E-state index in [1.807, 2.05) is 36.7 Å². The number of nitrogens with zero attached hydrogens (tertiary/aromatic N) is 7. The van der Waals surface area contributed by atoms with Crippen molar-refractivity contribution in [2.75, 3.05) is 18.0 Å². The van der Waals surface area contributed by atoms with E-state index in [0.717, 1.165) is 29.3 Å². The molecule has 0 bridgehead atoms. The van der Waals surface area contributed by atoms with Crippen molar-refractivity contribution in [2.24, 2.45) is 5.41 Å². The minimum absolute atomic E-state index is 0.185. The summed E-state index contributed by atoms with van der Waals surface area (Å²) in [6, 6.07) is 13.3. The summed E-state index contributed by atoms with van der Waals surface area (Å²) in [4.78, 5) is 19.5. The molecule has 0 amide bonds. The zero-order chi connectivity index (χ0) is 24.7. The third kappa shape index (κ3) is 4.21. The smallest absolute Gasteiger partial charge is 0.350 e. The lowest BCUT2D eigenvalue weighted by molar-refractivity contribution is 0.334. The summed E-state index contributed by atoms with van der Waals surface area (Å²) in [5.41, 5.74) is 0.560. The van der Waals surface area contributed by atoms with Gasteiger partial charge in [0, 0.05) is 31.4 Å². The summed E-state index contributed by atoms with van der Waals surface area (Å²) >= 11 is 0. The average Bonchev–Trinajstić information content (AvgIpc) is 3.36. The van der Waals surface area contributed by atoms with Crippen molar-refractivity contribution in [3.8, 4) is 11.8 Å². The summed E-state index contributed by atoms with van der Waals surface area (Å²) in [5.74, 6) is 0.306. The van der Waals surface area contributed by atoms with Crippen molar-refractivity contribution in [3.05, 3.63) is 94.1 Å². The number of hydrogen-bond acceptors (Lipinski definition) is 5. The molecule has 0 aliphatic carbocycles. The maximum Gasteiger partial charge on any atom is 0.350 e. The number of imidazole rings is 1. The van der Waals surface area contributed by atoms with E-state index >= 15 is 0 Å². The number of benzene rings is 2. The van der Waals surface area contributed by atoms with Crippen LogP contribution < -0.4 is 10.6 Å². The van der Waals surface area contributed by atoms with Crippen LogP contribution in [0.25, 0.3) is 5.69 Å². The molecule has 8 nitrogen and oxygen atoms in total. The van der Waals surface area contributed by atoms with Gasteiger partial charge in [-0.25, -0.2) is 18.6 Å². The standard InChI is InChI=1S/C25H23F2N7O/c1-17-30-23(33-14-25(2,13-28)15-33)12-31(17)10-18-6-8-19(9-7-18)34-24(35)32(16-29-34)11-20-21(26)4-3-5-22(20)27/h3-9,12,16H,10-11,14-15H2,1-2H3. The molecule has 3 heterocycles. The zero-order valence-corrected chi connectivity index (χ0v) is 19.3. The van der Waals surface area contributed by atoms with Gasteiger partial charge in [0.05, 0.1) is 23.7 Å². The number of hydrogen-bond donors (Lipinski definition) is 0. The van der Waals surface area contributed by atoms with Crippen LogP contribution in [0.4, 0.5) is 14.6 Å². The number of aromatic nitrogens is 5. The number of halogens is 2. The summed E-state index contributed by atoms with van der Waals surface area (Å²) in [6.07, 6.45) is 3.25. The van der Waals surface area contributed by atoms with Gasteiger partial charge < -0.3 is 9.47 Å². The van der Waals surface area contributed by atoms with Gasteiger partial charge in [-0.2, -0.15) is 15.0 Å². The fourth-order valence-electron chi connectivity index (χ4n) is 4.25. The van der Waals surface area contributed by atoms with Gasteiger partial charge in [-0.3, -0.25) is 4.57 Å². The highest BCUT2D eigenvalue weighted by atomic mass is 19.1. The van der Waals surface area contributed by atoms with Gasteiger partial charge in [-0.15, -0.1) is 0 Å². The van der Waals surface area contributed by atoms with Crippen molar-refractivity contribution in [2.45, 2.75) is 26.9 Å². The van der Waals surface area contributed by atoms with Crippen molar-refractivity contribution < 1.29 is 8.78 Å². The van der Waals surface area contributed by atoms with Crippen molar-refractivity contribution in [3.63, 3.8) is 0 Å². The molecule has 178 valence electrons. The molecule has 1 aliphatic heterocycles. The van der Waals surface area contributed by atoms with Crippen LogP contribution in [0.5, 0.6) is 0 Å². The Balaban J connectivity index is 1.30. The fraction of sp³-hybridized carbons (Fsp3) is 0.280. The van der Waals surface area contributed by atoms with Crippen molar-refractivity contribution >= 4 is 5.82 Å². The lowest BCUT2D eigenvalue weighted by Crippen LogP contribution is -2.54. The zero-order valence-electron chi connectivity index (χ0n) is 19.3. The Hall–Kier alpha value is -4.26. The maximum absolute atomic E-state index is 14.0. The molecule has 1 aliphatic rings. The van der Waals surface area contributed by atoms with Crippen molar-refractivity contribution in [1.82, 2.24) is 23.9 Å².